The summed E-state index contributed by atoms with van der Waals surface area (Å²) < 4.78 is 4.86. The van der Waals surface area contributed by atoms with E-state index in [1.807, 2.05) is 0 Å². The van der Waals surface area contributed by atoms with Gasteiger partial charge in [0, 0.05) is 33.4 Å². The van der Waals surface area contributed by atoms with E-state index in [9.17, 15) is 9.59 Å². The standard InChI is InChI=1S/C14H20N4O3/c1-18-7-5-11(14(18)20)17-12-4-3-10(9-16-12)13(19)15-6-8-21-2/h3-4,9,11H,5-8H2,1-2H3,(H,15,19)(H,16,17). The molecule has 1 atom stereocenters. The highest BCUT2D eigenvalue weighted by Crippen LogP contribution is 2.14. The van der Waals surface area contributed by atoms with E-state index in [1.54, 1.807) is 31.2 Å². The Morgan fingerprint density at radius 2 is 2.33 bits per heavy atom. The van der Waals surface area contributed by atoms with E-state index in [-0.39, 0.29) is 17.9 Å². The first-order valence-corrected chi connectivity index (χ1v) is 6.86. The monoisotopic (exact) mass is 292 g/mol. The largest absolute Gasteiger partial charge is 0.383 e. The molecule has 1 saturated heterocycles. The van der Waals surface area contributed by atoms with Crippen molar-refractivity contribution >= 4 is 17.6 Å². The Hall–Kier alpha value is -2.15. The number of likely N-dealkylation sites (tertiary alicyclic amines) is 1. The number of hydrogen-bond donors (Lipinski definition) is 2. The van der Waals surface area contributed by atoms with E-state index in [0.29, 0.717) is 24.5 Å². The molecule has 0 bridgehead atoms. The highest BCUT2D eigenvalue weighted by atomic mass is 16.5. The van der Waals surface area contributed by atoms with E-state index >= 15 is 0 Å². The van der Waals surface area contributed by atoms with Gasteiger partial charge in [0.25, 0.3) is 5.91 Å². The van der Waals surface area contributed by atoms with E-state index in [1.165, 1.54) is 6.20 Å². The van der Waals surface area contributed by atoms with Crippen LogP contribution < -0.4 is 10.6 Å². The topological polar surface area (TPSA) is 83.6 Å². The minimum absolute atomic E-state index is 0.0678. The smallest absolute Gasteiger partial charge is 0.252 e. The predicted molar refractivity (Wildman–Crippen MR) is 78.1 cm³/mol. The number of amides is 2. The summed E-state index contributed by atoms with van der Waals surface area (Å²) in [6.45, 7) is 1.67. The molecule has 0 spiro atoms. The van der Waals surface area contributed by atoms with Crippen LogP contribution in [0.2, 0.25) is 0 Å². The number of carbonyl (C=O) groups is 2. The van der Waals surface area contributed by atoms with E-state index in [4.69, 9.17) is 4.74 Å². The van der Waals surface area contributed by atoms with Crippen molar-refractivity contribution in [3.63, 3.8) is 0 Å². The fourth-order valence-corrected chi connectivity index (χ4v) is 2.12. The van der Waals surface area contributed by atoms with Gasteiger partial charge < -0.3 is 20.3 Å². The van der Waals surface area contributed by atoms with Crippen molar-refractivity contribution in [1.29, 1.82) is 0 Å². The van der Waals surface area contributed by atoms with Crippen LogP contribution in [0.15, 0.2) is 18.3 Å². The second kappa shape index (κ2) is 7.03. The van der Waals surface area contributed by atoms with Crippen LogP contribution in [-0.4, -0.2) is 61.6 Å². The summed E-state index contributed by atoms with van der Waals surface area (Å²) in [5.74, 6) is 0.470. The number of hydrogen-bond acceptors (Lipinski definition) is 5. The molecule has 1 unspecified atom stereocenters. The highest BCUT2D eigenvalue weighted by molar-refractivity contribution is 5.94. The van der Waals surface area contributed by atoms with Gasteiger partial charge in [-0.25, -0.2) is 4.98 Å². The number of aromatic nitrogens is 1. The number of pyridine rings is 1. The van der Waals surface area contributed by atoms with Crippen LogP contribution in [0.3, 0.4) is 0 Å². The molecule has 21 heavy (non-hydrogen) atoms. The number of rotatable bonds is 6. The van der Waals surface area contributed by atoms with Gasteiger partial charge in [0.2, 0.25) is 5.91 Å². The van der Waals surface area contributed by atoms with Crippen molar-refractivity contribution in [2.45, 2.75) is 12.5 Å². The molecule has 0 aromatic carbocycles. The number of nitrogens with one attached hydrogen (secondary N) is 2. The number of anilines is 1. The van der Waals surface area contributed by atoms with Gasteiger partial charge in [-0.2, -0.15) is 0 Å². The van der Waals surface area contributed by atoms with Crippen LogP contribution in [0.25, 0.3) is 0 Å². The van der Waals surface area contributed by atoms with Crippen molar-refractivity contribution in [1.82, 2.24) is 15.2 Å². The number of likely N-dealkylation sites (N-methyl/N-ethyl adjacent to an activating group) is 1. The Labute approximate surface area is 123 Å². The van der Waals surface area contributed by atoms with Crippen LogP contribution in [0.1, 0.15) is 16.8 Å². The summed E-state index contributed by atoms with van der Waals surface area (Å²) in [5, 5.41) is 5.81. The molecule has 1 aliphatic heterocycles. The maximum atomic E-state index is 11.8. The maximum Gasteiger partial charge on any atom is 0.252 e. The van der Waals surface area contributed by atoms with Crippen LogP contribution in [0.5, 0.6) is 0 Å². The van der Waals surface area contributed by atoms with Crippen LogP contribution >= 0.6 is 0 Å². The zero-order valence-corrected chi connectivity index (χ0v) is 12.3. The van der Waals surface area contributed by atoms with E-state index in [2.05, 4.69) is 15.6 Å². The fourth-order valence-electron chi connectivity index (χ4n) is 2.12. The van der Waals surface area contributed by atoms with Gasteiger partial charge in [-0.15, -0.1) is 0 Å². The quantitative estimate of drug-likeness (QED) is 0.727. The highest BCUT2D eigenvalue weighted by Gasteiger charge is 2.28. The van der Waals surface area contributed by atoms with Gasteiger partial charge >= 0.3 is 0 Å². The lowest BCUT2D eigenvalue weighted by Gasteiger charge is -2.13. The third-order valence-corrected chi connectivity index (χ3v) is 3.37. The zero-order chi connectivity index (χ0) is 15.2. The molecule has 7 heteroatoms. The van der Waals surface area contributed by atoms with Gasteiger partial charge in [-0.05, 0) is 18.6 Å². The van der Waals surface area contributed by atoms with Crippen LogP contribution in [-0.2, 0) is 9.53 Å². The number of nitrogens with zero attached hydrogens (tertiary/aromatic N) is 2. The van der Waals surface area contributed by atoms with Gasteiger partial charge in [-0.1, -0.05) is 0 Å². The van der Waals surface area contributed by atoms with E-state index in [0.717, 1.165) is 13.0 Å². The minimum Gasteiger partial charge on any atom is -0.383 e. The Morgan fingerprint density at radius 3 is 2.90 bits per heavy atom. The van der Waals surface area contributed by atoms with Crippen molar-refractivity contribution in [3.05, 3.63) is 23.9 Å². The lowest BCUT2D eigenvalue weighted by Crippen LogP contribution is -2.31. The molecule has 1 aliphatic rings. The summed E-state index contributed by atoms with van der Waals surface area (Å²) >= 11 is 0. The summed E-state index contributed by atoms with van der Waals surface area (Å²) in [6.07, 6.45) is 2.25. The number of methoxy groups -OCH3 is 1. The first-order valence-electron chi connectivity index (χ1n) is 6.86. The first-order chi connectivity index (χ1) is 10.1. The van der Waals surface area contributed by atoms with Crippen molar-refractivity contribution in [2.75, 3.05) is 39.2 Å². The average molecular weight is 292 g/mol. The normalized spacial score (nSPS) is 17.9. The van der Waals surface area contributed by atoms with E-state index < -0.39 is 0 Å². The zero-order valence-electron chi connectivity index (χ0n) is 12.3. The molecule has 2 heterocycles. The fraction of sp³-hybridized carbons (Fsp3) is 0.500. The molecule has 0 radical (unpaired) electrons. The Kier molecular flexibility index (Phi) is 5.10. The molecular weight excluding hydrogens is 272 g/mol. The van der Waals surface area contributed by atoms with Crippen molar-refractivity contribution < 1.29 is 14.3 Å². The molecule has 2 rings (SSSR count). The molecule has 114 valence electrons. The van der Waals surface area contributed by atoms with Gasteiger partial charge in [0.05, 0.1) is 12.2 Å². The summed E-state index contributed by atoms with van der Waals surface area (Å²) in [5.41, 5.74) is 0.478. The lowest BCUT2D eigenvalue weighted by atomic mass is 10.2. The molecule has 1 aromatic heterocycles. The van der Waals surface area contributed by atoms with Crippen molar-refractivity contribution in [3.8, 4) is 0 Å². The SMILES string of the molecule is COCCNC(=O)c1ccc(NC2CCN(C)C2=O)nc1. The predicted octanol–water partition coefficient (Wildman–Crippen LogP) is 0.100. The second-order valence-corrected chi connectivity index (χ2v) is 4.93. The lowest BCUT2D eigenvalue weighted by molar-refractivity contribution is -0.127. The molecule has 7 nitrogen and oxygen atoms in total. The molecular formula is C14H20N4O3. The summed E-state index contributed by atoms with van der Waals surface area (Å²) in [4.78, 5) is 29.4. The summed E-state index contributed by atoms with van der Waals surface area (Å²) in [7, 11) is 3.36. The third kappa shape index (κ3) is 3.91. The molecule has 2 amide bonds. The summed E-state index contributed by atoms with van der Waals surface area (Å²) in [6, 6.07) is 3.15. The molecule has 2 N–H and O–H groups in total. The molecule has 0 aliphatic carbocycles. The maximum absolute atomic E-state index is 11.8. The van der Waals surface area contributed by atoms with Gasteiger partial charge in [-0.3, -0.25) is 9.59 Å². The van der Waals surface area contributed by atoms with Gasteiger partial charge in [0.15, 0.2) is 0 Å². The molecule has 1 fully saturated rings. The Morgan fingerprint density at radius 1 is 1.52 bits per heavy atom. The number of carbonyl (C=O) groups excluding carboxylic acids is 2. The third-order valence-electron chi connectivity index (χ3n) is 3.37. The Balaban J connectivity index is 1.90. The first kappa shape index (κ1) is 15.2. The van der Waals surface area contributed by atoms with Crippen LogP contribution in [0.4, 0.5) is 5.82 Å². The average Bonchev–Trinajstić information content (AvgIpc) is 2.80. The number of ether oxygens (including phenoxy) is 1. The molecule has 0 saturated carbocycles. The van der Waals surface area contributed by atoms with Crippen molar-refractivity contribution in [2.24, 2.45) is 0 Å². The van der Waals surface area contributed by atoms with Crippen LogP contribution in [0, 0.1) is 0 Å². The second-order valence-electron chi connectivity index (χ2n) is 4.93. The Bertz CT molecular complexity index is 503. The minimum atomic E-state index is -0.233. The van der Waals surface area contributed by atoms with Gasteiger partial charge in [0.1, 0.15) is 11.9 Å². The molecule has 1 aromatic rings.